The SMILES string of the molecule is COc1ccc(-c2cccc([C@H]3CCCN(CC(=O)N4CCCCC4)C3)n2)cc1. The summed E-state index contributed by atoms with van der Waals surface area (Å²) in [6.07, 6.45) is 5.80. The van der Waals surface area contributed by atoms with Gasteiger partial charge in [0.2, 0.25) is 5.91 Å². The zero-order chi connectivity index (χ0) is 20.1. The van der Waals surface area contributed by atoms with Crippen molar-refractivity contribution in [3.05, 3.63) is 48.2 Å². The van der Waals surface area contributed by atoms with Crippen LogP contribution in [-0.4, -0.2) is 60.5 Å². The third kappa shape index (κ3) is 4.96. The fraction of sp³-hybridized carbons (Fsp3) is 0.500. The molecule has 0 radical (unpaired) electrons. The average Bonchev–Trinajstić information content (AvgIpc) is 2.80. The number of nitrogens with zero attached hydrogens (tertiary/aromatic N) is 3. The Balaban J connectivity index is 1.41. The van der Waals surface area contributed by atoms with Crippen LogP contribution in [0.3, 0.4) is 0 Å². The number of benzene rings is 1. The largest absolute Gasteiger partial charge is 0.497 e. The van der Waals surface area contributed by atoms with E-state index in [1.165, 1.54) is 6.42 Å². The number of ether oxygens (including phenoxy) is 1. The van der Waals surface area contributed by atoms with Crippen LogP contribution in [0.25, 0.3) is 11.3 Å². The summed E-state index contributed by atoms with van der Waals surface area (Å²) in [4.78, 5) is 22.0. The van der Waals surface area contributed by atoms with Crippen LogP contribution in [0.1, 0.15) is 43.7 Å². The molecule has 3 heterocycles. The Labute approximate surface area is 173 Å². The van der Waals surface area contributed by atoms with Crippen molar-refractivity contribution < 1.29 is 9.53 Å². The summed E-state index contributed by atoms with van der Waals surface area (Å²) < 4.78 is 5.25. The summed E-state index contributed by atoms with van der Waals surface area (Å²) in [5, 5.41) is 0. The van der Waals surface area contributed by atoms with Gasteiger partial charge in [-0.3, -0.25) is 14.7 Å². The molecule has 2 aliphatic heterocycles. The van der Waals surface area contributed by atoms with Gasteiger partial charge in [-0.05, 0) is 75.0 Å². The molecule has 1 aromatic carbocycles. The van der Waals surface area contributed by atoms with Crippen LogP contribution in [0, 0.1) is 0 Å². The predicted octanol–water partition coefficient (Wildman–Crippen LogP) is 3.95. The van der Waals surface area contributed by atoms with Crippen LogP contribution in [-0.2, 0) is 4.79 Å². The minimum absolute atomic E-state index is 0.297. The number of carbonyl (C=O) groups excluding carboxylic acids is 1. The smallest absolute Gasteiger partial charge is 0.236 e. The molecule has 154 valence electrons. The lowest BCUT2D eigenvalue weighted by Gasteiger charge is -2.34. The lowest BCUT2D eigenvalue weighted by Crippen LogP contribution is -2.45. The van der Waals surface area contributed by atoms with Crippen LogP contribution in [0.2, 0.25) is 0 Å². The number of piperidine rings is 2. The van der Waals surface area contributed by atoms with E-state index in [2.05, 4.69) is 40.1 Å². The quantitative estimate of drug-likeness (QED) is 0.772. The number of pyridine rings is 1. The number of methoxy groups -OCH3 is 1. The van der Waals surface area contributed by atoms with E-state index in [-0.39, 0.29) is 0 Å². The fourth-order valence-electron chi connectivity index (χ4n) is 4.48. The highest BCUT2D eigenvalue weighted by molar-refractivity contribution is 5.78. The predicted molar refractivity (Wildman–Crippen MR) is 115 cm³/mol. The highest BCUT2D eigenvalue weighted by Crippen LogP contribution is 2.28. The van der Waals surface area contributed by atoms with E-state index >= 15 is 0 Å². The molecule has 0 unspecified atom stereocenters. The van der Waals surface area contributed by atoms with E-state index in [4.69, 9.17) is 9.72 Å². The molecule has 2 aliphatic rings. The lowest BCUT2D eigenvalue weighted by atomic mass is 9.93. The molecule has 5 nitrogen and oxygen atoms in total. The van der Waals surface area contributed by atoms with Gasteiger partial charge in [-0.15, -0.1) is 0 Å². The van der Waals surface area contributed by atoms with Crippen molar-refractivity contribution in [2.45, 2.75) is 38.0 Å². The molecule has 0 bridgehead atoms. The highest BCUT2D eigenvalue weighted by atomic mass is 16.5. The summed E-state index contributed by atoms with van der Waals surface area (Å²) in [5.74, 6) is 1.53. The lowest BCUT2D eigenvalue weighted by molar-refractivity contribution is -0.133. The third-order valence-electron chi connectivity index (χ3n) is 6.15. The van der Waals surface area contributed by atoms with E-state index in [1.807, 2.05) is 12.1 Å². The number of hydrogen-bond donors (Lipinski definition) is 0. The first kappa shape index (κ1) is 19.9. The van der Waals surface area contributed by atoms with E-state index in [1.54, 1.807) is 7.11 Å². The number of carbonyl (C=O) groups is 1. The number of amides is 1. The number of aromatic nitrogens is 1. The van der Waals surface area contributed by atoms with Crippen LogP contribution in [0.4, 0.5) is 0 Å². The number of likely N-dealkylation sites (tertiary alicyclic amines) is 2. The van der Waals surface area contributed by atoms with Gasteiger partial charge < -0.3 is 9.64 Å². The summed E-state index contributed by atoms with van der Waals surface area (Å²) in [6.45, 7) is 4.34. The molecule has 0 saturated carbocycles. The third-order valence-corrected chi connectivity index (χ3v) is 6.15. The van der Waals surface area contributed by atoms with Gasteiger partial charge in [0.25, 0.3) is 0 Å². The topological polar surface area (TPSA) is 45.7 Å². The van der Waals surface area contributed by atoms with Gasteiger partial charge >= 0.3 is 0 Å². The number of rotatable bonds is 5. The van der Waals surface area contributed by atoms with Gasteiger partial charge in [0.15, 0.2) is 0 Å². The molecule has 29 heavy (non-hydrogen) atoms. The van der Waals surface area contributed by atoms with Gasteiger partial charge in [0, 0.05) is 36.8 Å². The second kappa shape index (κ2) is 9.40. The molecule has 0 N–H and O–H groups in total. The molecule has 2 aromatic rings. The molecule has 2 fully saturated rings. The maximum absolute atomic E-state index is 12.7. The van der Waals surface area contributed by atoms with Crippen molar-refractivity contribution in [1.82, 2.24) is 14.8 Å². The van der Waals surface area contributed by atoms with Crippen LogP contribution < -0.4 is 4.74 Å². The van der Waals surface area contributed by atoms with Crippen molar-refractivity contribution in [3.8, 4) is 17.0 Å². The van der Waals surface area contributed by atoms with Crippen molar-refractivity contribution >= 4 is 5.91 Å². The summed E-state index contributed by atoms with van der Waals surface area (Å²) in [7, 11) is 1.68. The van der Waals surface area contributed by atoms with Crippen molar-refractivity contribution in [3.63, 3.8) is 0 Å². The standard InChI is InChI=1S/C24H31N3O2/c1-29-21-12-10-19(11-13-21)22-8-5-9-23(25-22)20-7-6-14-26(17-20)18-24(28)27-15-3-2-4-16-27/h5,8-13,20H,2-4,6-7,14-18H2,1H3/t20-/m0/s1. The summed E-state index contributed by atoms with van der Waals surface area (Å²) >= 11 is 0. The molecule has 5 heteroatoms. The molecular weight excluding hydrogens is 362 g/mol. The molecule has 1 amide bonds. The van der Waals surface area contributed by atoms with E-state index < -0.39 is 0 Å². The first-order valence-corrected chi connectivity index (χ1v) is 10.8. The molecule has 2 saturated heterocycles. The minimum Gasteiger partial charge on any atom is -0.497 e. The maximum Gasteiger partial charge on any atom is 0.236 e. The molecule has 1 aromatic heterocycles. The maximum atomic E-state index is 12.7. The second-order valence-electron chi connectivity index (χ2n) is 8.19. The fourth-order valence-corrected chi connectivity index (χ4v) is 4.48. The van der Waals surface area contributed by atoms with Gasteiger partial charge in [-0.1, -0.05) is 6.07 Å². The Kier molecular flexibility index (Phi) is 6.45. The Bertz CT molecular complexity index is 815. The molecule has 0 spiro atoms. The zero-order valence-electron chi connectivity index (χ0n) is 17.3. The van der Waals surface area contributed by atoms with E-state index in [0.29, 0.717) is 18.4 Å². The van der Waals surface area contributed by atoms with Gasteiger partial charge in [-0.2, -0.15) is 0 Å². The molecule has 1 atom stereocenters. The van der Waals surface area contributed by atoms with Crippen LogP contribution in [0.5, 0.6) is 5.75 Å². The summed E-state index contributed by atoms with van der Waals surface area (Å²) in [5.41, 5.74) is 3.22. The van der Waals surface area contributed by atoms with Gasteiger partial charge in [0.05, 0.1) is 19.3 Å². The Hall–Kier alpha value is -2.40. The molecular formula is C24H31N3O2. The minimum atomic E-state index is 0.297. The van der Waals surface area contributed by atoms with E-state index in [0.717, 1.165) is 74.6 Å². The molecule has 4 rings (SSSR count). The monoisotopic (exact) mass is 393 g/mol. The van der Waals surface area contributed by atoms with Crippen LogP contribution in [0.15, 0.2) is 42.5 Å². The first-order chi connectivity index (χ1) is 14.2. The zero-order valence-corrected chi connectivity index (χ0v) is 17.3. The van der Waals surface area contributed by atoms with Crippen molar-refractivity contribution in [2.24, 2.45) is 0 Å². The summed E-state index contributed by atoms with van der Waals surface area (Å²) in [6, 6.07) is 14.3. The average molecular weight is 394 g/mol. The molecule has 0 aliphatic carbocycles. The van der Waals surface area contributed by atoms with Crippen LogP contribution >= 0.6 is 0 Å². The van der Waals surface area contributed by atoms with E-state index in [9.17, 15) is 4.79 Å². The normalized spacial score (nSPS) is 20.4. The Morgan fingerprint density at radius 1 is 1.03 bits per heavy atom. The highest BCUT2D eigenvalue weighted by Gasteiger charge is 2.26. The van der Waals surface area contributed by atoms with Crippen molar-refractivity contribution in [1.29, 1.82) is 0 Å². The number of hydrogen-bond acceptors (Lipinski definition) is 4. The Morgan fingerprint density at radius 2 is 1.83 bits per heavy atom. The van der Waals surface area contributed by atoms with Crippen molar-refractivity contribution in [2.75, 3.05) is 39.8 Å². The second-order valence-corrected chi connectivity index (χ2v) is 8.19. The van der Waals surface area contributed by atoms with Gasteiger partial charge in [0.1, 0.15) is 5.75 Å². The van der Waals surface area contributed by atoms with Gasteiger partial charge in [-0.25, -0.2) is 0 Å². The Morgan fingerprint density at radius 3 is 2.59 bits per heavy atom. The first-order valence-electron chi connectivity index (χ1n) is 10.8.